The van der Waals surface area contributed by atoms with Gasteiger partial charge in [-0.1, -0.05) is 36.4 Å². The number of hydrogen-bond donors (Lipinski definition) is 0. The lowest BCUT2D eigenvalue weighted by molar-refractivity contribution is -0.116. The Bertz CT molecular complexity index is 1430. The summed E-state index contributed by atoms with van der Waals surface area (Å²) < 4.78 is 19.4. The van der Waals surface area contributed by atoms with Crippen LogP contribution in [0, 0.1) is 24.1 Å². The van der Waals surface area contributed by atoms with E-state index in [9.17, 15) is 19.2 Å². The second-order valence-corrected chi connectivity index (χ2v) is 7.84. The van der Waals surface area contributed by atoms with E-state index in [2.05, 4.69) is 16.0 Å². The first-order valence-electron chi connectivity index (χ1n) is 11.1. The van der Waals surface area contributed by atoms with E-state index in [1.54, 1.807) is 67.7 Å². The Balaban J connectivity index is 1.65. The van der Waals surface area contributed by atoms with Crippen LogP contribution in [0.25, 0.3) is 22.5 Å². The molecule has 0 atom stereocenters. The predicted molar refractivity (Wildman–Crippen MR) is 131 cm³/mol. The first-order valence-corrected chi connectivity index (χ1v) is 11.1. The molecule has 0 aliphatic rings. The third kappa shape index (κ3) is 5.26. The van der Waals surface area contributed by atoms with E-state index in [-0.39, 0.29) is 24.6 Å². The summed E-state index contributed by atoms with van der Waals surface area (Å²) in [7, 11) is 0. The van der Waals surface area contributed by atoms with Crippen LogP contribution in [-0.2, 0) is 4.79 Å². The lowest BCUT2D eigenvalue weighted by atomic mass is 10.00. The number of carbonyl (C=O) groups excluding carboxylic acids is 2. The summed E-state index contributed by atoms with van der Waals surface area (Å²) in [4.78, 5) is 34.3. The zero-order valence-electron chi connectivity index (χ0n) is 19.4. The van der Waals surface area contributed by atoms with Gasteiger partial charge < -0.3 is 4.74 Å². The maximum atomic E-state index is 13.5. The Morgan fingerprint density at radius 3 is 2.50 bits per heavy atom. The Hall–Kier alpha value is -4.90. The van der Waals surface area contributed by atoms with Crippen molar-refractivity contribution in [1.82, 2.24) is 14.9 Å². The van der Waals surface area contributed by atoms with Crippen LogP contribution in [0.4, 0.5) is 4.39 Å². The molecule has 0 fully saturated rings. The van der Waals surface area contributed by atoms with E-state index in [1.165, 1.54) is 12.1 Å². The number of rotatable bonds is 8. The van der Waals surface area contributed by atoms with Gasteiger partial charge in [-0.3, -0.25) is 19.5 Å². The fourth-order valence-electron chi connectivity index (χ4n) is 3.65. The average Bonchev–Trinajstić information content (AvgIpc) is 2.91. The smallest absolute Gasteiger partial charge is 0.260 e. The molecule has 4 rings (SSSR count). The summed E-state index contributed by atoms with van der Waals surface area (Å²) >= 11 is 0. The van der Waals surface area contributed by atoms with Crippen LogP contribution in [-0.4, -0.2) is 40.3 Å². The molecule has 7 nitrogen and oxygen atoms in total. The Morgan fingerprint density at radius 1 is 1.08 bits per heavy atom. The summed E-state index contributed by atoms with van der Waals surface area (Å²) in [5.41, 5.74) is 3.40. The van der Waals surface area contributed by atoms with Crippen LogP contribution in [0.3, 0.4) is 0 Å². The highest BCUT2D eigenvalue weighted by Gasteiger charge is 2.20. The summed E-state index contributed by atoms with van der Waals surface area (Å²) in [6.45, 7) is 1.64. The van der Waals surface area contributed by atoms with Crippen molar-refractivity contribution in [2.75, 3.05) is 13.2 Å². The number of nitriles is 1. The summed E-state index contributed by atoms with van der Waals surface area (Å²) in [5.74, 6) is -0.830. The molecule has 2 amide bonds. The van der Waals surface area contributed by atoms with E-state index >= 15 is 0 Å². The normalized spacial score (nSPS) is 10.4. The third-order valence-electron chi connectivity index (χ3n) is 5.52. The number of aryl methyl sites for hydroxylation is 1. The number of imide groups is 1. The lowest BCUT2D eigenvalue weighted by Crippen LogP contribution is -2.34. The SMILES string of the molecule is Cc1ccccc1C(=O)N(C=O)CCOc1nc(-c2ccccn2)cc(-c2ccc(F)cc2)c1C#N. The minimum Gasteiger partial charge on any atom is -0.475 e. The maximum Gasteiger partial charge on any atom is 0.260 e. The number of carbonyl (C=O) groups is 2. The molecule has 0 unspecified atom stereocenters. The van der Waals surface area contributed by atoms with Gasteiger partial charge in [-0.05, 0) is 54.4 Å². The minimum absolute atomic E-state index is 0.0224. The van der Waals surface area contributed by atoms with E-state index in [0.29, 0.717) is 34.5 Å². The van der Waals surface area contributed by atoms with Crippen molar-refractivity contribution >= 4 is 12.3 Å². The number of halogens is 1. The quantitative estimate of drug-likeness (QED) is 0.336. The number of benzene rings is 2. The van der Waals surface area contributed by atoms with Crippen LogP contribution < -0.4 is 4.74 Å². The first-order chi connectivity index (χ1) is 17.5. The average molecular weight is 480 g/mol. The summed E-state index contributed by atoms with van der Waals surface area (Å²) in [6, 6.07) is 21.8. The van der Waals surface area contributed by atoms with E-state index in [1.807, 2.05) is 6.07 Å². The molecule has 2 aromatic heterocycles. The first kappa shape index (κ1) is 24.2. The number of ether oxygens (including phenoxy) is 1. The molecule has 0 N–H and O–H groups in total. The maximum absolute atomic E-state index is 13.5. The Morgan fingerprint density at radius 2 is 1.83 bits per heavy atom. The second kappa shape index (κ2) is 11.0. The molecule has 4 aromatic rings. The van der Waals surface area contributed by atoms with Crippen molar-refractivity contribution in [3.05, 3.63) is 102 Å². The van der Waals surface area contributed by atoms with Crippen LogP contribution in [0.1, 0.15) is 21.5 Å². The van der Waals surface area contributed by atoms with Gasteiger partial charge in [0.25, 0.3) is 5.91 Å². The molecule has 2 aromatic carbocycles. The van der Waals surface area contributed by atoms with E-state index < -0.39 is 11.7 Å². The molecule has 0 spiro atoms. The lowest BCUT2D eigenvalue weighted by Gasteiger charge is -2.18. The Labute approximate surface area is 207 Å². The molecule has 36 heavy (non-hydrogen) atoms. The van der Waals surface area contributed by atoms with E-state index in [0.717, 1.165) is 10.5 Å². The highest BCUT2D eigenvalue weighted by Crippen LogP contribution is 2.33. The molecular formula is C28H21FN4O3. The second-order valence-electron chi connectivity index (χ2n) is 7.84. The number of nitrogens with zero attached hydrogens (tertiary/aromatic N) is 4. The molecule has 0 aliphatic heterocycles. The fourth-order valence-corrected chi connectivity index (χ4v) is 3.65. The van der Waals surface area contributed by atoms with Gasteiger partial charge in [0, 0.05) is 17.3 Å². The molecular weight excluding hydrogens is 459 g/mol. The van der Waals surface area contributed by atoms with Gasteiger partial charge in [0.1, 0.15) is 24.1 Å². The van der Waals surface area contributed by atoms with Gasteiger partial charge in [0.15, 0.2) is 0 Å². The monoisotopic (exact) mass is 480 g/mol. The molecule has 2 heterocycles. The van der Waals surface area contributed by atoms with Gasteiger partial charge in [0.05, 0.1) is 17.9 Å². The molecule has 8 heteroatoms. The third-order valence-corrected chi connectivity index (χ3v) is 5.52. The molecule has 0 bridgehead atoms. The van der Waals surface area contributed by atoms with Crippen LogP contribution >= 0.6 is 0 Å². The number of aromatic nitrogens is 2. The van der Waals surface area contributed by atoms with Gasteiger partial charge in [0.2, 0.25) is 12.3 Å². The number of hydrogen-bond acceptors (Lipinski definition) is 6. The summed E-state index contributed by atoms with van der Waals surface area (Å²) in [5, 5.41) is 9.92. The zero-order chi connectivity index (χ0) is 25.5. The van der Waals surface area contributed by atoms with Crippen molar-refractivity contribution in [3.8, 4) is 34.5 Å². The zero-order valence-corrected chi connectivity index (χ0v) is 19.4. The number of amides is 2. The summed E-state index contributed by atoms with van der Waals surface area (Å²) in [6.07, 6.45) is 2.07. The van der Waals surface area contributed by atoms with Gasteiger partial charge in [-0.15, -0.1) is 0 Å². The molecule has 0 saturated carbocycles. The standard InChI is InChI=1S/C28H21FN4O3/c1-19-6-2-3-7-22(19)28(35)33(18-34)14-15-36-27-24(17-30)23(20-9-11-21(29)12-10-20)16-26(32-27)25-8-4-5-13-31-25/h2-13,16,18H,14-15H2,1H3. The van der Waals surface area contributed by atoms with Gasteiger partial charge >= 0.3 is 0 Å². The van der Waals surface area contributed by atoms with Crippen molar-refractivity contribution in [3.63, 3.8) is 0 Å². The van der Waals surface area contributed by atoms with Crippen molar-refractivity contribution in [2.45, 2.75) is 6.92 Å². The minimum atomic E-state index is -0.450. The van der Waals surface area contributed by atoms with Crippen molar-refractivity contribution < 1.29 is 18.7 Å². The molecule has 0 aliphatic carbocycles. The molecule has 178 valence electrons. The van der Waals surface area contributed by atoms with E-state index in [4.69, 9.17) is 4.74 Å². The molecule has 0 saturated heterocycles. The number of pyridine rings is 2. The fraction of sp³-hybridized carbons (Fsp3) is 0.107. The van der Waals surface area contributed by atoms with Crippen LogP contribution in [0.2, 0.25) is 0 Å². The van der Waals surface area contributed by atoms with Crippen LogP contribution in [0.5, 0.6) is 5.88 Å². The van der Waals surface area contributed by atoms with Gasteiger partial charge in [-0.2, -0.15) is 5.26 Å². The molecule has 0 radical (unpaired) electrons. The van der Waals surface area contributed by atoms with Crippen LogP contribution in [0.15, 0.2) is 79.0 Å². The Kier molecular flexibility index (Phi) is 7.42. The largest absolute Gasteiger partial charge is 0.475 e. The van der Waals surface area contributed by atoms with Gasteiger partial charge in [-0.25, -0.2) is 9.37 Å². The predicted octanol–water partition coefficient (Wildman–Crippen LogP) is 4.81. The van der Waals surface area contributed by atoms with Crippen molar-refractivity contribution in [2.24, 2.45) is 0 Å². The highest BCUT2D eigenvalue weighted by molar-refractivity contribution is 6.00. The highest BCUT2D eigenvalue weighted by atomic mass is 19.1. The van der Waals surface area contributed by atoms with Crippen molar-refractivity contribution in [1.29, 1.82) is 5.26 Å². The topological polar surface area (TPSA) is 96.2 Å².